The number of allylic oxidation sites excluding steroid dienone is 1. The van der Waals surface area contributed by atoms with Crippen LogP contribution in [0.15, 0.2) is 48.6 Å². The number of aryl methyl sites for hydroxylation is 1. The lowest BCUT2D eigenvalue weighted by molar-refractivity contribution is -0.101. The Balaban J connectivity index is 1.17. The molecule has 1 spiro atoms. The fraction of sp³-hybridized carbons (Fsp3) is 0.643. The fourth-order valence-electron chi connectivity index (χ4n) is 10.6. The highest BCUT2D eigenvalue weighted by atomic mass is 35.5. The molecule has 0 aromatic heterocycles. The molecule has 312 valence electrons. The van der Waals surface area contributed by atoms with Crippen LogP contribution in [0.3, 0.4) is 0 Å². The van der Waals surface area contributed by atoms with Gasteiger partial charge in [0.15, 0.2) is 0 Å². The number of hydrogen-bond donors (Lipinski definition) is 1. The molecule has 2 saturated heterocycles. The van der Waals surface area contributed by atoms with Crippen LogP contribution in [0.4, 0.5) is 5.69 Å². The van der Waals surface area contributed by atoms with Crippen LogP contribution in [0.1, 0.15) is 67.4 Å². The van der Waals surface area contributed by atoms with Crippen molar-refractivity contribution in [1.82, 2.24) is 18.8 Å². The smallest absolute Gasteiger partial charge is 0.264 e. The molecular weight excluding hydrogens is 786 g/mol. The van der Waals surface area contributed by atoms with E-state index in [0.29, 0.717) is 51.5 Å². The van der Waals surface area contributed by atoms with Crippen LogP contribution < -0.4 is 14.4 Å². The Morgan fingerprint density at radius 2 is 1.84 bits per heavy atom. The minimum absolute atomic E-state index is 0.0945. The molecule has 57 heavy (non-hydrogen) atoms. The number of carbonyl (C=O) groups is 1. The number of methoxy groups -OCH3 is 1. The number of ether oxygens (including phenoxy) is 2. The highest BCUT2D eigenvalue weighted by molar-refractivity contribution is 7.90. The van der Waals surface area contributed by atoms with Gasteiger partial charge in [-0.1, -0.05) is 36.7 Å². The number of anilines is 1. The number of benzene rings is 2. The summed E-state index contributed by atoms with van der Waals surface area (Å²) in [4.78, 5) is 21.0. The van der Waals surface area contributed by atoms with Gasteiger partial charge < -0.3 is 14.4 Å². The molecule has 6 aliphatic rings. The summed E-state index contributed by atoms with van der Waals surface area (Å²) in [6, 6.07) is 11.6. The number of nitrogens with one attached hydrogen (secondary N) is 1. The summed E-state index contributed by atoms with van der Waals surface area (Å²) in [5, 5.41) is -0.105. The van der Waals surface area contributed by atoms with Gasteiger partial charge in [0, 0.05) is 88.1 Å². The average molecular weight is 845 g/mol. The second kappa shape index (κ2) is 15.7. The van der Waals surface area contributed by atoms with Gasteiger partial charge in [-0.3, -0.25) is 14.6 Å². The van der Waals surface area contributed by atoms with Crippen molar-refractivity contribution in [2.24, 2.45) is 17.8 Å². The maximum Gasteiger partial charge on any atom is 0.264 e. The zero-order valence-corrected chi connectivity index (χ0v) is 36.0. The summed E-state index contributed by atoms with van der Waals surface area (Å²) in [6.45, 7) is 10.2. The molecule has 2 aromatic carbocycles. The van der Waals surface area contributed by atoms with Crippen molar-refractivity contribution < 1.29 is 31.1 Å². The predicted molar refractivity (Wildman–Crippen MR) is 223 cm³/mol. The summed E-state index contributed by atoms with van der Waals surface area (Å²) in [7, 11) is -5.50. The summed E-state index contributed by atoms with van der Waals surface area (Å²) < 4.78 is 69.8. The van der Waals surface area contributed by atoms with E-state index in [1.165, 1.54) is 17.4 Å². The van der Waals surface area contributed by atoms with Gasteiger partial charge in [0.05, 0.1) is 23.8 Å². The monoisotopic (exact) mass is 843 g/mol. The van der Waals surface area contributed by atoms with Gasteiger partial charge in [0.2, 0.25) is 20.0 Å². The second-order valence-corrected chi connectivity index (χ2v) is 22.2. The molecule has 2 aromatic rings. The first-order chi connectivity index (χ1) is 27.1. The number of halogens is 1. The van der Waals surface area contributed by atoms with Crippen LogP contribution in [0.2, 0.25) is 5.02 Å². The highest BCUT2D eigenvalue weighted by Crippen LogP contribution is 2.49. The Morgan fingerprint density at radius 3 is 2.60 bits per heavy atom. The van der Waals surface area contributed by atoms with Gasteiger partial charge in [0.1, 0.15) is 11.4 Å². The third-order valence-corrected chi connectivity index (χ3v) is 17.7. The summed E-state index contributed by atoms with van der Waals surface area (Å²) in [5.41, 5.74) is 2.58. The Labute approximate surface area is 344 Å². The normalized spacial score (nSPS) is 34.4. The molecule has 7 atom stereocenters. The van der Waals surface area contributed by atoms with Crippen LogP contribution in [0.25, 0.3) is 0 Å². The number of piperazine rings is 2. The van der Waals surface area contributed by atoms with E-state index in [1.54, 1.807) is 24.4 Å². The molecule has 1 saturated carbocycles. The van der Waals surface area contributed by atoms with E-state index in [4.69, 9.17) is 21.1 Å². The van der Waals surface area contributed by atoms with Crippen LogP contribution in [0, 0.1) is 17.8 Å². The van der Waals surface area contributed by atoms with Crippen LogP contribution >= 0.6 is 11.6 Å². The maximum absolute atomic E-state index is 13.7. The average Bonchev–Trinajstić information content (AvgIpc) is 3.31. The van der Waals surface area contributed by atoms with E-state index in [9.17, 15) is 21.6 Å². The number of carbonyl (C=O) groups excluding carboxylic acids is 1. The van der Waals surface area contributed by atoms with Gasteiger partial charge in [-0.2, -0.15) is 4.31 Å². The zero-order chi connectivity index (χ0) is 40.3. The topological polar surface area (TPSA) is 129 Å². The van der Waals surface area contributed by atoms with Crippen molar-refractivity contribution in [1.29, 1.82) is 0 Å². The van der Waals surface area contributed by atoms with Crippen molar-refractivity contribution in [2.45, 2.75) is 74.7 Å². The summed E-state index contributed by atoms with van der Waals surface area (Å²) >= 11 is 6.51. The third kappa shape index (κ3) is 8.01. The number of fused-ring (bicyclic) bond motifs is 5. The van der Waals surface area contributed by atoms with Gasteiger partial charge in [-0.15, -0.1) is 0 Å². The number of nitrogens with zero attached hydrogens (tertiary/aromatic N) is 4. The molecule has 2 aliphatic carbocycles. The van der Waals surface area contributed by atoms with E-state index >= 15 is 0 Å². The lowest BCUT2D eigenvalue weighted by atomic mass is 9.63. The number of rotatable bonds is 4. The van der Waals surface area contributed by atoms with E-state index in [2.05, 4.69) is 43.7 Å². The molecule has 4 heterocycles. The van der Waals surface area contributed by atoms with Crippen LogP contribution in [-0.2, 0) is 36.6 Å². The standard InChI is InChI=1S/C42H58ClN5O7S2/c1-29-7-5-16-42(54-3,27-45-17-18-46-19-20-48(56(4,50)51)25-35(46)24-45)37-12-9-33(37)23-47-26-41(15-6-8-31-21-34(43)11-13-36(31)41)28-55-39-14-10-32(22-38(39)47)40(49)44-57(52,53)30(29)2/h5,10-11,13-14,16,21-22,29-30,33,35,37H,6-9,12,15,17-20,23-28H2,1-4H3,(H,44,49)/b16-5+/t29-,30+,33-,35?,37+,41-,42+/m0/s1. The number of sulfonamides is 2. The first-order valence-electron chi connectivity index (χ1n) is 20.6. The zero-order valence-electron chi connectivity index (χ0n) is 33.7. The summed E-state index contributed by atoms with van der Waals surface area (Å²) in [6.07, 6.45) is 11.0. The van der Waals surface area contributed by atoms with Crippen LogP contribution in [-0.4, -0.2) is 133 Å². The van der Waals surface area contributed by atoms with Gasteiger partial charge >= 0.3 is 0 Å². The fourth-order valence-corrected chi connectivity index (χ4v) is 12.9. The Hall–Kier alpha value is -2.72. The second-order valence-electron chi connectivity index (χ2n) is 17.7. The quantitative estimate of drug-likeness (QED) is 0.439. The van der Waals surface area contributed by atoms with E-state index < -0.39 is 36.8 Å². The molecule has 8 rings (SSSR count). The van der Waals surface area contributed by atoms with E-state index in [1.807, 2.05) is 25.1 Å². The largest absolute Gasteiger partial charge is 0.490 e. The summed E-state index contributed by atoms with van der Waals surface area (Å²) in [5.74, 6) is 0.169. The van der Waals surface area contributed by atoms with E-state index in [-0.39, 0.29) is 34.8 Å². The molecular formula is C42H58ClN5O7S2. The Kier molecular flexibility index (Phi) is 11.3. The maximum atomic E-state index is 13.7. The van der Waals surface area contributed by atoms with Crippen molar-refractivity contribution >= 4 is 43.2 Å². The predicted octanol–water partition coefficient (Wildman–Crippen LogP) is 4.53. The minimum Gasteiger partial charge on any atom is -0.490 e. The third-order valence-electron chi connectivity index (χ3n) is 14.3. The van der Waals surface area contributed by atoms with Crippen molar-refractivity contribution in [2.75, 3.05) is 83.8 Å². The SMILES string of the molecule is CO[C@@]1(CN2CCN3CCN(S(C)(=O)=O)CC3C2)/C=C/C[C@H](C)[C@@H](C)S(=O)(=O)NC(=O)c2ccc3c(c2)N(C[C@@H]2CC[C@H]21)C[C@@]1(CCCc2cc(Cl)ccc21)CO3. The first-order valence-corrected chi connectivity index (χ1v) is 24.4. The minimum atomic E-state index is -4.01. The molecule has 3 fully saturated rings. The van der Waals surface area contributed by atoms with Crippen molar-refractivity contribution in [3.05, 3.63) is 70.3 Å². The highest BCUT2D eigenvalue weighted by Gasteiger charge is 2.50. The molecule has 2 bridgehead atoms. The molecule has 1 amide bonds. The van der Waals surface area contributed by atoms with Gasteiger partial charge in [0.25, 0.3) is 5.91 Å². The van der Waals surface area contributed by atoms with Crippen molar-refractivity contribution in [3.63, 3.8) is 0 Å². The molecule has 1 N–H and O–H groups in total. The first kappa shape index (κ1) is 41.0. The van der Waals surface area contributed by atoms with Crippen LogP contribution in [0.5, 0.6) is 5.75 Å². The number of hydrogen-bond acceptors (Lipinski definition) is 10. The Bertz CT molecular complexity index is 2120. The molecule has 15 heteroatoms. The molecule has 1 unspecified atom stereocenters. The van der Waals surface area contributed by atoms with Gasteiger partial charge in [-0.25, -0.2) is 21.6 Å². The van der Waals surface area contributed by atoms with Crippen molar-refractivity contribution in [3.8, 4) is 5.75 Å². The molecule has 0 radical (unpaired) electrons. The lowest BCUT2D eigenvalue weighted by Gasteiger charge is -2.53. The molecule has 12 nitrogen and oxygen atoms in total. The Morgan fingerprint density at radius 1 is 1.04 bits per heavy atom. The number of amides is 1. The van der Waals surface area contributed by atoms with E-state index in [0.717, 1.165) is 69.0 Å². The molecule has 4 aliphatic heterocycles. The van der Waals surface area contributed by atoms with Gasteiger partial charge in [-0.05, 0) is 105 Å². The lowest BCUT2D eigenvalue weighted by Crippen LogP contribution is -2.65.